The van der Waals surface area contributed by atoms with E-state index in [1.165, 1.54) is 0 Å². The Morgan fingerprint density at radius 3 is 2.64 bits per heavy atom. The van der Waals surface area contributed by atoms with Gasteiger partial charge in [0.25, 0.3) is 5.56 Å². The monoisotopic (exact) mass is 376 g/mol. The Labute approximate surface area is 161 Å². The maximum atomic E-state index is 12.9. The van der Waals surface area contributed by atoms with Crippen molar-refractivity contribution in [1.29, 1.82) is 0 Å². The van der Waals surface area contributed by atoms with Gasteiger partial charge in [0.05, 0.1) is 19.4 Å². The van der Waals surface area contributed by atoms with E-state index >= 15 is 0 Å². The third-order valence-corrected chi connectivity index (χ3v) is 5.18. The number of fused-ring (bicyclic) bond motifs is 3. The average molecular weight is 376 g/mol. The SMILES string of the molecule is O=c1c2nnc3c(-c4ccccc4)cnn3c2ccn1CCN1CCOCC1. The molecule has 1 saturated heterocycles. The summed E-state index contributed by atoms with van der Waals surface area (Å²) in [6.45, 7) is 4.72. The highest BCUT2D eigenvalue weighted by molar-refractivity contribution is 5.82. The van der Waals surface area contributed by atoms with Crippen LogP contribution in [-0.2, 0) is 11.3 Å². The molecule has 0 saturated carbocycles. The average Bonchev–Trinajstić information content (AvgIpc) is 3.19. The van der Waals surface area contributed by atoms with E-state index in [1.54, 1.807) is 15.3 Å². The molecule has 0 radical (unpaired) electrons. The van der Waals surface area contributed by atoms with Gasteiger partial charge in [-0.25, -0.2) is 4.52 Å². The number of benzene rings is 1. The number of pyridine rings is 1. The van der Waals surface area contributed by atoms with Crippen LogP contribution in [0.5, 0.6) is 0 Å². The first-order valence-corrected chi connectivity index (χ1v) is 9.40. The minimum Gasteiger partial charge on any atom is -0.379 e. The van der Waals surface area contributed by atoms with Crippen molar-refractivity contribution >= 4 is 16.7 Å². The number of aromatic nitrogens is 5. The summed E-state index contributed by atoms with van der Waals surface area (Å²) < 4.78 is 8.76. The van der Waals surface area contributed by atoms with Gasteiger partial charge in [-0.15, -0.1) is 10.2 Å². The van der Waals surface area contributed by atoms with E-state index in [1.807, 2.05) is 42.6 Å². The zero-order valence-corrected chi connectivity index (χ0v) is 15.4. The lowest BCUT2D eigenvalue weighted by atomic mass is 10.1. The summed E-state index contributed by atoms with van der Waals surface area (Å²) >= 11 is 0. The van der Waals surface area contributed by atoms with Gasteiger partial charge >= 0.3 is 0 Å². The summed E-state index contributed by atoms with van der Waals surface area (Å²) in [6, 6.07) is 11.8. The first-order valence-electron chi connectivity index (χ1n) is 9.40. The molecular formula is C20H20N6O2. The largest absolute Gasteiger partial charge is 0.379 e. The molecule has 8 heteroatoms. The summed E-state index contributed by atoms with van der Waals surface area (Å²) in [6.07, 6.45) is 3.58. The van der Waals surface area contributed by atoms with E-state index in [4.69, 9.17) is 4.74 Å². The molecule has 142 valence electrons. The van der Waals surface area contributed by atoms with Crippen molar-refractivity contribution < 1.29 is 4.74 Å². The molecular weight excluding hydrogens is 356 g/mol. The van der Waals surface area contributed by atoms with Gasteiger partial charge in [-0.2, -0.15) is 5.10 Å². The fourth-order valence-electron chi connectivity index (χ4n) is 3.60. The fourth-order valence-corrected chi connectivity index (χ4v) is 3.60. The Hall–Kier alpha value is -3.10. The topological polar surface area (TPSA) is 77.6 Å². The van der Waals surface area contributed by atoms with Gasteiger partial charge in [-0.05, 0) is 11.6 Å². The van der Waals surface area contributed by atoms with Crippen LogP contribution < -0.4 is 5.56 Å². The molecule has 0 unspecified atom stereocenters. The van der Waals surface area contributed by atoms with Crippen molar-refractivity contribution in [1.82, 2.24) is 29.3 Å². The minimum absolute atomic E-state index is 0.142. The number of rotatable bonds is 4. The lowest BCUT2D eigenvalue weighted by molar-refractivity contribution is 0.0363. The Bertz CT molecular complexity index is 1180. The van der Waals surface area contributed by atoms with Gasteiger partial charge < -0.3 is 9.30 Å². The second kappa shape index (κ2) is 7.14. The second-order valence-corrected chi connectivity index (χ2v) is 6.86. The summed E-state index contributed by atoms with van der Waals surface area (Å²) in [4.78, 5) is 15.2. The lowest BCUT2D eigenvalue weighted by Crippen LogP contribution is -2.39. The summed E-state index contributed by atoms with van der Waals surface area (Å²) in [5.41, 5.74) is 3.41. The third-order valence-electron chi connectivity index (χ3n) is 5.18. The van der Waals surface area contributed by atoms with Crippen molar-refractivity contribution in [2.45, 2.75) is 6.54 Å². The van der Waals surface area contributed by atoms with E-state index in [2.05, 4.69) is 20.2 Å². The summed E-state index contributed by atoms with van der Waals surface area (Å²) in [5.74, 6) is 0. The standard InChI is InChI=1S/C20H20N6O2/c27-20-18-17(6-7-25(20)9-8-24-10-12-28-13-11-24)26-19(23-22-18)16(14-21-26)15-4-2-1-3-5-15/h1-7,14H,8-13H2. The van der Waals surface area contributed by atoms with Crippen LogP contribution in [0.4, 0.5) is 0 Å². The molecule has 3 aromatic heterocycles. The molecule has 0 bridgehead atoms. The molecule has 5 rings (SSSR count). The fraction of sp³-hybridized carbons (Fsp3) is 0.300. The smallest absolute Gasteiger partial charge is 0.280 e. The number of morpholine rings is 1. The van der Waals surface area contributed by atoms with E-state index in [9.17, 15) is 4.79 Å². The Morgan fingerprint density at radius 1 is 1.00 bits per heavy atom. The van der Waals surface area contributed by atoms with Crippen molar-refractivity contribution in [2.24, 2.45) is 0 Å². The van der Waals surface area contributed by atoms with Crippen LogP contribution in [0.2, 0.25) is 0 Å². The highest BCUT2D eigenvalue weighted by Gasteiger charge is 2.15. The molecule has 1 aliphatic heterocycles. The van der Waals surface area contributed by atoms with Crippen molar-refractivity contribution in [3.05, 3.63) is 59.1 Å². The van der Waals surface area contributed by atoms with Crippen LogP contribution in [0.3, 0.4) is 0 Å². The summed E-state index contributed by atoms with van der Waals surface area (Å²) in [5, 5.41) is 13.0. The van der Waals surface area contributed by atoms with Crippen LogP contribution in [0.1, 0.15) is 0 Å². The molecule has 1 fully saturated rings. The van der Waals surface area contributed by atoms with Crippen LogP contribution >= 0.6 is 0 Å². The van der Waals surface area contributed by atoms with E-state index in [-0.39, 0.29) is 5.56 Å². The molecule has 0 atom stereocenters. The first-order chi connectivity index (χ1) is 13.8. The van der Waals surface area contributed by atoms with Gasteiger partial charge in [-0.3, -0.25) is 9.69 Å². The van der Waals surface area contributed by atoms with Gasteiger partial charge in [-0.1, -0.05) is 30.3 Å². The predicted octanol–water partition coefficient (Wildman–Crippen LogP) is 1.44. The van der Waals surface area contributed by atoms with E-state index in [0.717, 1.165) is 44.0 Å². The maximum Gasteiger partial charge on any atom is 0.280 e. The highest BCUT2D eigenvalue weighted by Crippen LogP contribution is 2.23. The molecule has 1 aliphatic rings. The zero-order valence-electron chi connectivity index (χ0n) is 15.4. The normalized spacial score (nSPS) is 15.4. The van der Waals surface area contributed by atoms with E-state index in [0.29, 0.717) is 23.2 Å². The molecule has 28 heavy (non-hydrogen) atoms. The highest BCUT2D eigenvalue weighted by atomic mass is 16.5. The Morgan fingerprint density at radius 2 is 1.82 bits per heavy atom. The molecule has 0 amide bonds. The molecule has 4 heterocycles. The van der Waals surface area contributed by atoms with Crippen LogP contribution in [0.25, 0.3) is 27.8 Å². The van der Waals surface area contributed by atoms with Crippen LogP contribution in [-0.4, -0.2) is 62.1 Å². The lowest BCUT2D eigenvalue weighted by Gasteiger charge is -2.26. The van der Waals surface area contributed by atoms with Crippen molar-refractivity contribution in [2.75, 3.05) is 32.8 Å². The van der Waals surface area contributed by atoms with E-state index < -0.39 is 0 Å². The number of ether oxygens (including phenoxy) is 1. The summed E-state index contributed by atoms with van der Waals surface area (Å²) in [7, 11) is 0. The predicted molar refractivity (Wildman–Crippen MR) is 105 cm³/mol. The first kappa shape index (κ1) is 17.0. The van der Waals surface area contributed by atoms with Crippen LogP contribution in [0, 0.1) is 0 Å². The molecule has 8 nitrogen and oxygen atoms in total. The molecule has 0 aliphatic carbocycles. The van der Waals surface area contributed by atoms with Gasteiger partial charge in [0, 0.05) is 37.9 Å². The Kier molecular flexibility index (Phi) is 4.34. The van der Waals surface area contributed by atoms with Crippen LogP contribution in [0.15, 0.2) is 53.6 Å². The maximum absolute atomic E-state index is 12.9. The quantitative estimate of drug-likeness (QED) is 0.536. The van der Waals surface area contributed by atoms with Gasteiger partial charge in [0.15, 0.2) is 11.2 Å². The molecule has 0 N–H and O–H groups in total. The van der Waals surface area contributed by atoms with Crippen molar-refractivity contribution in [3.8, 4) is 11.1 Å². The number of hydrogen-bond acceptors (Lipinski definition) is 6. The number of hydrogen-bond donors (Lipinski definition) is 0. The minimum atomic E-state index is -0.142. The van der Waals surface area contributed by atoms with Gasteiger partial charge in [0.2, 0.25) is 0 Å². The van der Waals surface area contributed by atoms with Crippen molar-refractivity contribution in [3.63, 3.8) is 0 Å². The number of nitrogens with zero attached hydrogens (tertiary/aromatic N) is 6. The molecule has 4 aromatic rings. The Balaban J connectivity index is 1.51. The molecule has 1 aromatic carbocycles. The molecule has 0 spiro atoms. The third kappa shape index (κ3) is 2.96. The zero-order chi connectivity index (χ0) is 18.9. The van der Waals surface area contributed by atoms with Gasteiger partial charge in [0.1, 0.15) is 5.52 Å². The second-order valence-electron chi connectivity index (χ2n) is 6.86.